The van der Waals surface area contributed by atoms with Crippen LogP contribution in [0.2, 0.25) is 0 Å². The number of fused-ring (bicyclic) bond motifs is 1. The van der Waals surface area contributed by atoms with Gasteiger partial charge >= 0.3 is 0 Å². The predicted molar refractivity (Wildman–Crippen MR) is 78.3 cm³/mol. The summed E-state index contributed by atoms with van der Waals surface area (Å²) < 4.78 is 0. The Bertz CT molecular complexity index is 461. The van der Waals surface area contributed by atoms with Crippen LogP contribution >= 0.6 is 0 Å². The van der Waals surface area contributed by atoms with Crippen molar-refractivity contribution in [1.29, 1.82) is 0 Å². The number of aromatic hydroxyl groups is 1. The van der Waals surface area contributed by atoms with Crippen LogP contribution in [-0.4, -0.2) is 5.11 Å². The monoisotopic (exact) mass is 259 g/mol. The summed E-state index contributed by atoms with van der Waals surface area (Å²) in [6, 6.07) is 3.99. The molecule has 2 aliphatic rings. The molecular weight excluding hydrogens is 234 g/mol. The molecule has 0 spiro atoms. The summed E-state index contributed by atoms with van der Waals surface area (Å²) >= 11 is 0. The van der Waals surface area contributed by atoms with Crippen LogP contribution in [0.1, 0.15) is 68.1 Å². The summed E-state index contributed by atoms with van der Waals surface area (Å²) in [6.07, 6.45) is 11.8. The van der Waals surface area contributed by atoms with Gasteiger partial charge in [0.05, 0.1) is 0 Å². The van der Waals surface area contributed by atoms with Crippen molar-refractivity contribution in [3.8, 4) is 5.75 Å². The smallest absolute Gasteiger partial charge is 0.120 e. The summed E-state index contributed by atoms with van der Waals surface area (Å²) in [5, 5.41) is 10.4. The molecule has 0 radical (unpaired) electrons. The molecule has 2 heteroatoms. The van der Waals surface area contributed by atoms with Crippen LogP contribution in [0, 0.1) is 0 Å². The molecule has 0 aliphatic heterocycles. The van der Waals surface area contributed by atoms with E-state index in [0.29, 0.717) is 5.75 Å². The summed E-state index contributed by atoms with van der Waals surface area (Å²) in [7, 11) is 0. The number of aryl methyl sites for hydroxylation is 1. The lowest BCUT2D eigenvalue weighted by Crippen LogP contribution is -2.39. The average molecular weight is 259 g/mol. The highest BCUT2D eigenvalue weighted by Crippen LogP contribution is 2.43. The van der Waals surface area contributed by atoms with E-state index in [1.165, 1.54) is 49.7 Å². The van der Waals surface area contributed by atoms with Gasteiger partial charge in [0.2, 0.25) is 0 Å². The zero-order valence-corrected chi connectivity index (χ0v) is 11.8. The summed E-state index contributed by atoms with van der Waals surface area (Å²) in [6.45, 7) is 0. The maximum absolute atomic E-state index is 10.4. The largest absolute Gasteiger partial charge is 0.508 e. The number of hydrogen-bond acceptors (Lipinski definition) is 2. The maximum atomic E-state index is 10.4. The van der Waals surface area contributed by atoms with Crippen LogP contribution in [0.25, 0.3) is 0 Å². The van der Waals surface area contributed by atoms with Crippen molar-refractivity contribution >= 4 is 0 Å². The zero-order chi connectivity index (χ0) is 13.3. The fourth-order valence-corrected chi connectivity index (χ4v) is 3.98. The average Bonchev–Trinajstić information content (AvgIpc) is 2.64. The molecule has 0 aromatic heterocycles. The topological polar surface area (TPSA) is 46.2 Å². The van der Waals surface area contributed by atoms with Gasteiger partial charge in [0, 0.05) is 11.1 Å². The van der Waals surface area contributed by atoms with E-state index in [9.17, 15) is 5.11 Å². The van der Waals surface area contributed by atoms with Crippen LogP contribution in [0.5, 0.6) is 5.75 Å². The fourth-order valence-electron chi connectivity index (χ4n) is 3.98. The number of nitrogens with two attached hydrogens (primary N) is 1. The Morgan fingerprint density at radius 2 is 1.58 bits per heavy atom. The molecule has 1 fully saturated rings. The van der Waals surface area contributed by atoms with Crippen molar-refractivity contribution in [2.24, 2.45) is 5.73 Å². The Kier molecular flexibility index (Phi) is 3.53. The third-order valence-electron chi connectivity index (χ3n) is 5.00. The molecule has 2 nitrogen and oxygen atoms in total. The number of hydrogen-bond donors (Lipinski definition) is 2. The minimum Gasteiger partial charge on any atom is -0.508 e. The Morgan fingerprint density at radius 1 is 0.895 bits per heavy atom. The van der Waals surface area contributed by atoms with Crippen molar-refractivity contribution < 1.29 is 5.11 Å². The van der Waals surface area contributed by atoms with Gasteiger partial charge in [-0.2, -0.15) is 0 Å². The molecule has 3 rings (SSSR count). The van der Waals surface area contributed by atoms with Gasteiger partial charge in [0.25, 0.3) is 0 Å². The fraction of sp³-hybridized carbons (Fsp3) is 0.647. The molecular formula is C17H25NO. The molecule has 2 aliphatic carbocycles. The maximum Gasteiger partial charge on any atom is 0.120 e. The van der Waals surface area contributed by atoms with Crippen molar-refractivity contribution in [2.75, 3.05) is 0 Å². The number of phenols is 1. The van der Waals surface area contributed by atoms with Gasteiger partial charge in [0.1, 0.15) is 5.75 Å². The SMILES string of the molecule is NC1(c2c(O)ccc3c2CCCCC3)CCCCC1. The van der Waals surface area contributed by atoms with Crippen molar-refractivity contribution in [2.45, 2.75) is 69.7 Å². The van der Waals surface area contributed by atoms with E-state index in [0.717, 1.165) is 31.2 Å². The molecule has 0 bridgehead atoms. The minimum atomic E-state index is -0.280. The summed E-state index contributed by atoms with van der Waals surface area (Å²) in [4.78, 5) is 0. The molecule has 1 aromatic rings. The van der Waals surface area contributed by atoms with Crippen LogP contribution in [0.3, 0.4) is 0 Å². The van der Waals surface area contributed by atoms with E-state index in [1.807, 2.05) is 6.07 Å². The molecule has 0 atom stereocenters. The first-order valence-electron chi connectivity index (χ1n) is 7.84. The Hall–Kier alpha value is -1.02. The van der Waals surface area contributed by atoms with Crippen LogP contribution in [-0.2, 0) is 18.4 Å². The highest BCUT2D eigenvalue weighted by atomic mass is 16.3. The van der Waals surface area contributed by atoms with Crippen molar-refractivity contribution in [3.05, 3.63) is 28.8 Å². The van der Waals surface area contributed by atoms with E-state index in [-0.39, 0.29) is 5.54 Å². The van der Waals surface area contributed by atoms with Gasteiger partial charge in [-0.3, -0.25) is 0 Å². The molecule has 0 amide bonds. The first kappa shape index (κ1) is 13.0. The number of benzene rings is 1. The second-order valence-corrected chi connectivity index (χ2v) is 6.37. The van der Waals surface area contributed by atoms with Gasteiger partial charge in [-0.25, -0.2) is 0 Å². The van der Waals surface area contributed by atoms with Gasteiger partial charge in [-0.15, -0.1) is 0 Å². The molecule has 1 saturated carbocycles. The van der Waals surface area contributed by atoms with E-state index >= 15 is 0 Å². The van der Waals surface area contributed by atoms with Gasteiger partial charge in [-0.05, 0) is 55.7 Å². The second-order valence-electron chi connectivity index (χ2n) is 6.37. The Balaban J connectivity index is 2.08. The molecule has 0 unspecified atom stereocenters. The normalized spacial score (nSPS) is 22.6. The van der Waals surface area contributed by atoms with Crippen LogP contribution in [0.4, 0.5) is 0 Å². The zero-order valence-electron chi connectivity index (χ0n) is 11.8. The molecule has 0 saturated heterocycles. The number of rotatable bonds is 1. The van der Waals surface area contributed by atoms with Crippen LogP contribution < -0.4 is 5.73 Å². The highest BCUT2D eigenvalue weighted by Gasteiger charge is 2.34. The Morgan fingerprint density at radius 3 is 2.37 bits per heavy atom. The minimum absolute atomic E-state index is 0.280. The summed E-state index contributed by atoms with van der Waals surface area (Å²) in [5.74, 6) is 0.435. The van der Waals surface area contributed by atoms with Gasteiger partial charge < -0.3 is 10.8 Å². The Labute approximate surface area is 116 Å². The van der Waals surface area contributed by atoms with Gasteiger partial charge in [0.15, 0.2) is 0 Å². The van der Waals surface area contributed by atoms with Crippen molar-refractivity contribution in [3.63, 3.8) is 0 Å². The first-order chi connectivity index (χ1) is 9.21. The van der Waals surface area contributed by atoms with E-state index < -0.39 is 0 Å². The molecule has 19 heavy (non-hydrogen) atoms. The molecule has 1 aromatic carbocycles. The molecule has 104 valence electrons. The third-order valence-corrected chi connectivity index (χ3v) is 5.00. The van der Waals surface area contributed by atoms with Crippen LogP contribution in [0.15, 0.2) is 12.1 Å². The first-order valence-corrected chi connectivity index (χ1v) is 7.84. The lowest BCUT2D eigenvalue weighted by molar-refractivity contribution is 0.290. The highest BCUT2D eigenvalue weighted by molar-refractivity contribution is 5.49. The third kappa shape index (κ3) is 2.38. The molecule has 0 heterocycles. The summed E-state index contributed by atoms with van der Waals surface area (Å²) in [5.41, 5.74) is 10.3. The van der Waals surface area contributed by atoms with E-state index in [2.05, 4.69) is 6.07 Å². The lowest BCUT2D eigenvalue weighted by Gasteiger charge is -2.36. The molecule has 3 N–H and O–H groups in total. The quantitative estimate of drug-likeness (QED) is 0.754. The van der Waals surface area contributed by atoms with E-state index in [1.54, 1.807) is 0 Å². The van der Waals surface area contributed by atoms with Crippen molar-refractivity contribution in [1.82, 2.24) is 0 Å². The lowest BCUT2D eigenvalue weighted by atomic mass is 9.74. The number of phenolic OH excluding ortho intramolecular Hbond substituents is 1. The van der Waals surface area contributed by atoms with E-state index in [4.69, 9.17) is 5.73 Å². The second kappa shape index (κ2) is 5.16. The standard InChI is InChI=1S/C17H25NO/c18-17(11-5-2-6-12-17)16-14-8-4-1-3-7-13(14)9-10-15(16)19/h9-10,19H,1-8,11-12,18H2. The predicted octanol–water partition coefficient (Wildman–Crippen LogP) is 3.78. The van der Waals surface area contributed by atoms with Gasteiger partial charge in [-0.1, -0.05) is 31.7 Å².